The molecule has 72 heavy (non-hydrogen) atoms. The quantitative estimate of drug-likeness (QED) is 0.152. The van der Waals surface area contributed by atoms with Gasteiger partial charge in [-0.1, -0.05) is 133 Å². The largest absolute Gasteiger partial charge is 0.452 e. The van der Waals surface area contributed by atoms with Gasteiger partial charge in [0.25, 0.3) is 0 Å². The average molecular weight is 929 g/mol. The van der Waals surface area contributed by atoms with Gasteiger partial charge in [0.2, 0.25) is 0 Å². The summed E-state index contributed by atoms with van der Waals surface area (Å²) in [6.07, 6.45) is 0. The highest BCUT2D eigenvalue weighted by Crippen LogP contribution is 2.47. The first kappa shape index (κ1) is 43.2. The van der Waals surface area contributed by atoms with Crippen molar-refractivity contribution < 1.29 is 8.83 Å². The molecule has 11 aromatic carbocycles. The lowest BCUT2D eigenvalue weighted by atomic mass is 9.99. The zero-order chi connectivity index (χ0) is 48.8. The second kappa shape index (κ2) is 16.9. The van der Waals surface area contributed by atoms with E-state index in [2.05, 4.69) is 258 Å². The molecule has 13 rings (SSSR count). The number of rotatable bonds is 8. The van der Waals surface area contributed by atoms with Crippen molar-refractivity contribution in [1.82, 2.24) is 0 Å². The molecule has 4 nitrogen and oxygen atoms in total. The van der Waals surface area contributed by atoms with Crippen LogP contribution in [-0.4, -0.2) is 0 Å². The van der Waals surface area contributed by atoms with Crippen LogP contribution in [0.2, 0.25) is 0 Å². The van der Waals surface area contributed by atoms with Gasteiger partial charge in [0, 0.05) is 44.3 Å². The van der Waals surface area contributed by atoms with Crippen molar-refractivity contribution >= 4 is 99.5 Å². The Bertz CT molecular complexity index is 3980. The van der Waals surface area contributed by atoms with Crippen molar-refractivity contribution in [1.29, 1.82) is 0 Å². The van der Waals surface area contributed by atoms with Crippen molar-refractivity contribution in [3.05, 3.63) is 240 Å². The summed E-state index contributed by atoms with van der Waals surface area (Å²) in [6.45, 7) is 13.2. The Hall–Kier alpha value is -8.86. The lowest BCUT2D eigenvalue weighted by Crippen LogP contribution is -2.14. The van der Waals surface area contributed by atoms with E-state index in [1.54, 1.807) is 0 Å². The summed E-state index contributed by atoms with van der Waals surface area (Å²) in [4.78, 5) is 4.87. The monoisotopic (exact) mass is 928 g/mol. The highest BCUT2D eigenvalue weighted by Gasteiger charge is 2.24. The predicted molar refractivity (Wildman–Crippen MR) is 305 cm³/mol. The third-order valence-electron chi connectivity index (χ3n) is 14.9. The van der Waals surface area contributed by atoms with Gasteiger partial charge in [-0.3, -0.25) is 0 Å². The molecule has 0 atom stereocenters. The van der Waals surface area contributed by atoms with Crippen LogP contribution in [0.4, 0.5) is 34.1 Å². The molecule has 13 aromatic rings. The fourth-order valence-corrected chi connectivity index (χ4v) is 11.2. The lowest BCUT2D eigenvalue weighted by Gasteiger charge is -2.30. The van der Waals surface area contributed by atoms with E-state index in [9.17, 15) is 0 Å². The molecule has 0 saturated carbocycles. The molecule has 2 aromatic heterocycles. The van der Waals surface area contributed by atoms with Gasteiger partial charge in [-0.25, -0.2) is 0 Å². The van der Waals surface area contributed by atoms with Crippen LogP contribution in [0.25, 0.3) is 87.7 Å². The average Bonchev–Trinajstić information content (AvgIpc) is 3.95. The molecule has 0 fully saturated rings. The molecule has 0 spiro atoms. The summed E-state index contributed by atoms with van der Waals surface area (Å²) >= 11 is 0. The molecule has 0 N–H and O–H groups in total. The Balaban J connectivity index is 0.930. The number of aryl methyl sites for hydroxylation is 6. The Morgan fingerprint density at radius 1 is 0.278 bits per heavy atom. The Labute approximate surface area is 419 Å². The second-order valence-corrected chi connectivity index (χ2v) is 19.7. The summed E-state index contributed by atoms with van der Waals surface area (Å²) in [6, 6.07) is 75.0. The van der Waals surface area contributed by atoms with Gasteiger partial charge in [-0.2, -0.15) is 0 Å². The zero-order valence-electron chi connectivity index (χ0n) is 41.3. The number of fused-ring (bicyclic) bond motifs is 9. The van der Waals surface area contributed by atoms with Crippen LogP contribution >= 0.6 is 0 Å². The smallest absolute Gasteiger partial charge is 0.178 e. The predicted octanol–water partition coefficient (Wildman–Crippen LogP) is 19.9. The first-order chi connectivity index (χ1) is 35.1. The molecule has 0 aliphatic carbocycles. The van der Waals surface area contributed by atoms with E-state index in [1.807, 2.05) is 0 Å². The summed E-state index contributed by atoms with van der Waals surface area (Å²) in [5.41, 5.74) is 22.1. The molecule has 2 heterocycles. The molecular formula is C68H52N2O2. The van der Waals surface area contributed by atoms with E-state index in [4.69, 9.17) is 8.83 Å². The molecule has 346 valence electrons. The zero-order valence-corrected chi connectivity index (χ0v) is 41.3. The van der Waals surface area contributed by atoms with Crippen LogP contribution < -0.4 is 9.80 Å². The molecule has 0 aliphatic rings. The fourth-order valence-electron chi connectivity index (χ4n) is 11.2. The third-order valence-corrected chi connectivity index (χ3v) is 14.9. The van der Waals surface area contributed by atoms with Gasteiger partial charge < -0.3 is 18.6 Å². The number of benzene rings is 11. The van der Waals surface area contributed by atoms with Gasteiger partial charge in [-0.05, 0) is 192 Å². The standard InChI is InChI=1S/C68H52N2O2/c1-41-23-25-51(47-19-9-7-10-20-47)37-61(41)69(65-43(3)15-13-16-44(65)4)55-29-27-49-35-59-57-31-32-58-60-36-50-28-30-56(34-54(50)40-64(60)72-68(58)67(57)71-63(59)39-53(49)33-55)70(66-45(5)17-14-18-46(66)6)62-38-52(26-24-42(62)2)48-21-11-8-12-22-48/h7-40H,1-6H3. The maximum absolute atomic E-state index is 6.90. The number of furan rings is 2. The summed E-state index contributed by atoms with van der Waals surface area (Å²) in [7, 11) is 0. The van der Waals surface area contributed by atoms with Crippen LogP contribution in [0.5, 0.6) is 0 Å². The van der Waals surface area contributed by atoms with Crippen molar-refractivity contribution in [2.75, 3.05) is 9.80 Å². The van der Waals surface area contributed by atoms with E-state index in [-0.39, 0.29) is 0 Å². The van der Waals surface area contributed by atoms with E-state index in [0.717, 1.165) is 88.2 Å². The highest BCUT2D eigenvalue weighted by molar-refractivity contribution is 6.21. The van der Waals surface area contributed by atoms with E-state index in [1.165, 1.54) is 67.0 Å². The molecule has 0 bridgehead atoms. The van der Waals surface area contributed by atoms with Crippen molar-refractivity contribution in [3.8, 4) is 22.3 Å². The number of anilines is 6. The van der Waals surface area contributed by atoms with Gasteiger partial charge >= 0.3 is 0 Å². The van der Waals surface area contributed by atoms with Crippen LogP contribution in [0.1, 0.15) is 33.4 Å². The molecule has 0 unspecified atom stereocenters. The first-order valence-corrected chi connectivity index (χ1v) is 24.9. The second-order valence-electron chi connectivity index (χ2n) is 19.7. The number of nitrogens with zero attached hydrogens (tertiary/aromatic N) is 2. The Morgan fingerprint density at radius 3 is 1.08 bits per heavy atom. The number of hydrogen-bond donors (Lipinski definition) is 0. The van der Waals surface area contributed by atoms with Crippen LogP contribution in [0, 0.1) is 41.5 Å². The van der Waals surface area contributed by atoms with Gasteiger partial charge in [0.05, 0.1) is 11.4 Å². The van der Waals surface area contributed by atoms with E-state index >= 15 is 0 Å². The van der Waals surface area contributed by atoms with Crippen molar-refractivity contribution in [2.45, 2.75) is 41.5 Å². The van der Waals surface area contributed by atoms with Crippen molar-refractivity contribution in [3.63, 3.8) is 0 Å². The van der Waals surface area contributed by atoms with E-state index in [0.29, 0.717) is 0 Å². The molecular weight excluding hydrogens is 877 g/mol. The van der Waals surface area contributed by atoms with Crippen LogP contribution in [0.15, 0.2) is 215 Å². The first-order valence-electron chi connectivity index (χ1n) is 24.9. The van der Waals surface area contributed by atoms with Crippen molar-refractivity contribution in [2.24, 2.45) is 0 Å². The number of hydrogen-bond acceptors (Lipinski definition) is 4. The third kappa shape index (κ3) is 7.13. The van der Waals surface area contributed by atoms with Crippen LogP contribution in [-0.2, 0) is 0 Å². The summed E-state index contributed by atoms with van der Waals surface area (Å²) in [5, 5.41) is 8.72. The minimum Gasteiger partial charge on any atom is -0.452 e. The highest BCUT2D eigenvalue weighted by atomic mass is 16.4. The normalized spacial score (nSPS) is 11.8. The SMILES string of the molecule is Cc1ccc(-c2ccccc2)cc1N(c1ccc2cc3c(cc2c1)oc1c3ccc2c3cc4ccc(N(c5cc(-c6ccccc6)ccc5C)c5c(C)cccc5C)cc4cc3oc21)c1c(C)cccc1C. The maximum Gasteiger partial charge on any atom is 0.178 e. The molecule has 0 radical (unpaired) electrons. The van der Waals surface area contributed by atoms with Gasteiger partial charge in [-0.15, -0.1) is 0 Å². The van der Waals surface area contributed by atoms with Crippen LogP contribution in [0.3, 0.4) is 0 Å². The maximum atomic E-state index is 6.90. The number of para-hydroxylation sites is 2. The minimum absolute atomic E-state index is 0.763. The summed E-state index contributed by atoms with van der Waals surface area (Å²) in [5.74, 6) is 0. The molecule has 0 aliphatic heterocycles. The van der Waals surface area contributed by atoms with Gasteiger partial charge in [0.1, 0.15) is 11.2 Å². The summed E-state index contributed by atoms with van der Waals surface area (Å²) < 4.78 is 13.8. The minimum atomic E-state index is 0.763. The Morgan fingerprint density at radius 2 is 0.681 bits per heavy atom. The molecule has 4 heteroatoms. The van der Waals surface area contributed by atoms with E-state index < -0.39 is 0 Å². The Kier molecular flexibility index (Phi) is 10.2. The topological polar surface area (TPSA) is 32.8 Å². The molecule has 0 saturated heterocycles. The lowest BCUT2D eigenvalue weighted by molar-refractivity contribution is 0.634. The van der Waals surface area contributed by atoms with Gasteiger partial charge in [0.15, 0.2) is 11.2 Å². The molecule has 0 amide bonds. The fraction of sp³-hybridized carbons (Fsp3) is 0.0882.